The molecule has 0 aromatic heterocycles. The molecule has 0 radical (unpaired) electrons. The molecule has 1 fully saturated rings. The van der Waals surface area contributed by atoms with Crippen LogP contribution in [0.25, 0.3) is 0 Å². The molecule has 1 saturated heterocycles. The Kier molecular flexibility index (Phi) is 35.4. The summed E-state index contributed by atoms with van der Waals surface area (Å²) in [6, 6.07) is -12.7. The summed E-state index contributed by atoms with van der Waals surface area (Å²) in [5.41, 5.74) is 0. The second kappa shape index (κ2) is 38.9. The number of rotatable bonds is 20. The molecule has 24 nitrogen and oxygen atoms in total. The zero-order valence-corrected chi connectivity index (χ0v) is 61.0. The Labute approximate surface area is 552 Å². The number of amides is 11. The molecule has 92 heavy (non-hydrogen) atoms. The maximum Gasteiger partial charge on any atom is 0.273 e. The van der Waals surface area contributed by atoms with E-state index in [0.717, 1.165) is 9.80 Å². The number of aliphatic hydroxyl groups is 1. The van der Waals surface area contributed by atoms with Gasteiger partial charge in [0, 0.05) is 49.3 Å². The Bertz CT molecular complexity index is 2480. The molecule has 1 rings (SSSR count). The highest BCUT2D eigenvalue weighted by atomic mass is 16.5. The molecule has 13 atom stereocenters. The molecule has 0 saturated carbocycles. The van der Waals surface area contributed by atoms with Gasteiger partial charge in [0.1, 0.15) is 60.4 Å². The number of allylic oxidation sites excluding steroid dienone is 2. The van der Waals surface area contributed by atoms with Crippen LogP contribution in [0.2, 0.25) is 0 Å². The highest BCUT2D eigenvalue weighted by Crippen LogP contribution is 2.26. The quantitative estimate of drug-likeness (QED) is 0.1000. The highest BCUT2D eigenvalue weighted by molar-refractivity contribution is 6.00. The molecule has 0 aromatic rings. The van der Waals surface area contributed by atoms with Crippen molar-refractivity contribution in [1.29, 1.82) is 0 Å². The Morgan fingerprint density at radius 3 is 1.29 bits per heavy atom. The molecular formula is C68H123N11O13. The van der Waals surface area contributed by atoms with Crippen LogP contribution in [0.1, 0.15) is 183 Å². The van der Waals surface area contributed by atoms with Crippen molar-refractivity contribution in [3.05, 3.63) is 12.2 Å². The zero-order chi connectivity index (χ0) is 71.3. The Morgan fingerprint density at radius 2 is 0.859 bits per heavy atom. The first-order valence-electron chi connectivity index (χ1n) is 33.6. The Morgan fingerprint density at radius 1 is 0.446 bits per heavy atom. The van der Waals surface area contributed by atoms with Gasteiger partial charge in [-0.15, -0.1) is 0 Å². The molecule has 0 aromatic carbocycles. The van der Waals surface area contributed by atoms with Gasteiger partial charge in [0.15, 0.2) is 0 Å². The minimum Gasteiger partial charge on any atom is -0.390 e. The third kappa shape index (κ3) is 23.4. The summed E-state index contributed by atoms with van der Waals surface area (Å²) in [6.07, 6.45) is 2.53. The van der Waals surface area contributed by atoms with E-state index >= 15 is 28.8 Å². The lowest BCUT2D eigenvalue weighted by Gasteiger charge is -2.41. The lowest BCUT2D eigenvalue weighted by Crippen LogP contribution is -2.64. The van der Waals surface area contributed by atoms with Crippen molar-refractivity contribution in [2.45, 2.75) is 256 Å². The Balaban J connectivity index is 4.55. The molecule has 1 heterocycles. The number of hydrogen-bond acceptors (Lipinski definition) is 13. The van der Waals surface area contributed by atoms with Crippen LogP contribution < -0.4 is 21.3 Å². The number of likely N-dealkylation sites (N-methyl/N-ethyl adjacent to an activating group) is 7. The van der Waals surface area contributed by atoms with E-state index in [-0.39, 0.29) is 68.3 Å². The van der Waals surface area contributed by atoms with Crippen LogP contribution in [0.5, 0.6) is 0 Å². The third-order valence-electron chi connectivity index (χ3n) is 17.8. The predicted molar refractivity (Wildman–Crippen MR) is 357 cm³/mol. The van der Waals surface area contributed by atoms with Crippen LogP contribution in [0, 0.1) is 47.3 Å². The van der Waals surface area contributed by atoms with Crippen molar-refractivity contribution in [3.63, 3.8) is 0 Å². The lowest BCUT2D eigenvalue weighted by molar-refractivity contribution is -0.169. The van der Waals surface area contributed by atoms with Crippen LogP contribution >= 0.6 is 0 Å². The first-order chi connectivity index (χ1) is 42.6. The van der Waals surface area contributed by atoms with Crippen LogP contribution in [-0.4, -0.2) is 233 Å². The molecule has 11 amide bonds. The van der Waals surface area contributed by atoms with Gasteiger partial charge < -0.3 is 65.4 Å². The largest absolute Gasteiger partial charge is 0.390 e. The van der Waals surface area contributed by atoms with Crippen LogP contribution in [-0.2, 0) is 57.5 Å². The van der Waals surface area contributed by atoms with E-state index in [1.54, 1.807) is 54.5 Å². The second-order valence-electron chi connectivity index (χ2n) is 28.2. The van der Waals surface area contributed by atoms with E-state index < -0.39 is 155 Å². The number of nitrogens with one attached hydrogen (secondary N) is 4. The van der Waals surface area contributed by atoms with Crippen molar-refractivity contribution in [1.82, 2.24) is 55.6 Å². The molecule has 1 unspecified atom stereocenters. The summed E-state index contributed by atoms with van der Waals surface area (Å²) >= 11 is 0. The fraction of sp³-hybridized carbons (Fsp3) is 0.809. The van der Waals surface area contributed by atoms with E-state index in [1.807, 2.05) is 75.3 Å². The SMILES string of the molecule is C/C=C/C[C@@H](C)[C@@H](O)[C@H]1C(=O)N[C@@H](CC)C(=O)N(C)C(OCC(CC)CC)C(=O)N(C)[C@@H](CC(C)C)C(=O)N[C@@H](C(C)C)C(=O)N(C)[C@@H](CC(C)C)C(=O)N[C@@H](C)C(=O)N[C@H](C)C(=O)N(C)[C@@H](CC(C)C)C(=O)N(C)[C@@H](CC(C)C)C(=O)N(C)[C@@H](C(C)C)C(=O)N1C. The monoisotopic (exact) mass is 1300 g/mol. The number of nitrogens with zero attached hydrogens (tertiary/aromatic N) is 7. The fourth-order valence-electron chi connectivity index (χ4n) is 11.6. The van der Waals surface area contributed by atoms with Crippen molar-refractivity contribution in [3.8, 4) is 0 Å². The molecule has 5 N–H and O–H groups in total. The molecule has 24 heteroatoms. The van der Waals surface area contributed by atoms with Crippen molar-refractivity contribution >= 4 is 65.0 Å². The maximum absolute atomic E-state index is 15.3. The zero-order valence-electron chi connectivity index (χ0n) is 61.0. The third-order valence-corrected chi connectivity index (χ3v) is 17.8. The average Bonchev–Trinajstić information content (AvgIpc) is 0.822. The standard InChI is InChI=1S/C68H123N11O13/c1-27-31-32-44(17)56(80)55-60(84)71-48(30-4)62(86)79(26)68(92-37-47(28-2)29-3)67(91)74(21)50(34-39(7)8)59(83)72-53(42(13)14)65(89)73(20)49(33-38(5)6)58(82)69-45(18)57(81)70-46(19)61(85)75(22)51(35-40(9)10)63(87)76(23)52(36-41(11)12)64(88)77(24)54(43(15)16)66(90)78(55)25/h27,31,38-56,68,80H,28-30,32-37H2,1-26H3,(H,69,82)(H,70,81)(H,71,84)(H,72,83)/b31-27+/t44-,45+,46-,48+,49+,50+,51+,52+,53+,54+,55+,56-,68?/m1/s1. The fourth-order valence-corrected chi connectivity index (χ4v) is 11.6. The van der Waals surface area contributed by atoms with Crippen LogP contribution in [0.15, 0.2) is 12.2 Å². The molecule has 0 spiro atoms. The van der Waals surface area contributed by atoms with Gasteiger partial charge in [0.05, 0.1) is 12.7 Å². The molecule has 1 aliphatic heterocycles. The minimum atomic E-state index is -1.65. The Hall–Kier alpha value is -6.17. The second-order valence-corrected chi connectivity index (χ2v) is 28.2. The summed E-state index contributed by atoms with van der Waals surface area (Å²) in [6.45, 7) is 33.8. The number of carbonyl (C=O) groups excluding carboxylic acids is 11. The molecule has 0 bridgehead atoms. The van der Waals surface area contributed by atoms with E-state index in [0.29, 0.717) is 19.3 Å². The molecule has 528 valence electrons. The predicted octanol–water partition coefficient (Wildman–Crippen LogP) is 5.05. The van der Waals surface area contributed by atoms with Gasteiger partial charge in [-0.05, 0) is 107 Å². The minimum absolute atomic E-state index is 0.0305. The van der Waals surface area contributed by atoms with Gasteiger partial charge in [-0.3, -0.25) is 52.7 Å². The smallest absolute Gasteiger partial charge is 0.273 e. The van der Waals surface area contributed by atoms with Gasteiger partial charge in [0.25, 0.3) is 5.91 Å². The van der Waals surface area contributed by atoms with Crippen LogP contribution in [0.3, 0.4) is 0 Å². The first-order valence-corrected chi connectivity index (χ1v) is 33.6. The van der Waals surface area contributed by atoms with Gasteiger partial charge >= 0.3 is 0 Å². The normalized spacial score (nSPS) is 26.7. The number of hydrogen-bond donors (Lipinski definition) is 5. The maximum atomic E-state index is 15.3. The topological polar surface area (TPSA) is 288 Å². The van der Waals surface area contributed by atoms with Gasteiger partial charge in [-0.1, -0.05) is 136 Å². The molecule has 0 aliphatic carbocycles. The van der Waals surface area contributed by atoms with Gasteiger partial charge in [0.2, 0.25) is 65.3 Å². The number of ether oxygens (including phenoxy) is 1. The molecule has 1 aliphatic rings. The van der Waals surface area contributed by atoms with Crippen LogP contribution in [0.4, 0.5) is 0 Å². The molecular weight excluding hydrogens is 1180 g/mol. The van der Waals surface area contributed by atoms with Crippen molar-refractivity contribution in [2.75, 3.05) is 55.9 Å². The number of aliphatic hydroxyl groups excluding tert-OH is 1. The van der Waals surface area contributed by atoms with E-state index in [2.05, 4.69) is 21.3 Å². The van der Waals surface area contributed by atoms with E-state index in [1.165, 1.54) is 87.7 Å². The first kappa shape index (κ1) is 83.8. The average molecular weight is 1300 g/mol. The van der Waals surface area contributed by atoms with Gasteiger partial charge in [-0.25, -0.2) is 0 Å². The van der Waals surface area contributed by atoms with Crippen molar-refractivity contribution < 1.29 is 62.6 Å². The summed E-state index contributed by atoms with van der Waals surface area (Å²) in [4.78, 5) is 172. The summed E-state index contributed by atoms with van der Waals surface area (Å²) in [5, 5.41) is 23.4. The van der Waals surface area contributed by atoms with Gasteiger partial charge in [-0.2, -0.15) is 0 Å². The van der Waals surface area contributed by atoms with E-state index in [9.17, 15) is 29.1 Å². The summed E-state index contributed by atoms with van der Waals surface area (Å²) in [5.74, 6) is -10.3. The number of carbonyl (C=O) groups is 11. The highest BCUT2D eigenvalue weighted by Gasteiger charge is 2.46. The summed E-state index contributed by atoms with van der Waals surface area (Å²) < 4.78 is 6.41. The van der Waals surface area contributed by atoms with E-state index in [4.69, 9.17) is 4.74 Å². The lowest BCUT2D eigenvalue weighted by atomic mass is 9.91. The van der Waals surface area contributed by atoms with Crippen molar-refractivity contribution in [2.24, 2.45) is 47.3 Å². The summed E-state index contributed by atoms with van der Waals surface area (Å²) in [7, 11) is 9.90.